The molecule has 304 valence electrons. The summed E-state index contributed by atoms with van der Waals surface area (Å²) in [5.74, 6) is -1.68. The molecule has 0 spiro atoms. The Labute approximate surface area is 437 Å². The Morgan fingerprint density at radius 2 is 1.12 bits per heavy atom. The van der Waals surface area contributed by atoms with Gasteiger partial charge in [0.15, 0.2) is 6.29 Å². The van der Waals surface area contributed by atoms with Crippen molar-refractivity contribution in [3.63, 3.8) is 0 Å². The van der Waals surface area contributed by atoms with E-state index in [4.69, 9.17) is 54.7 Å². The van der Waals surface area contributed by atoms with Gasteiger partial charge in [0.25, 0.3) is 6.47 Å². The van der Waals surface area contributed by atoms with Crippen molar-refractivity contribution < 1.29 is 156 Å². The summed E-state index contributed by atoms with van der Waals surface area (Å²) in [6.07, 6.45) is 9.05. The maximum atomic E-state index is 12.5. The van der Waals surface area contributed by atoms with E-state index in [0.29, 0.717) is 34.7 Å². The van der Waals surface area contributed by atoms with E-state index < -0.39 is 34.6 Å². The van der Waals surface area contributed by atoms with Crippen molar-refractivity contribution in [3.8, 4) is 5.88 Å². The van der Waals surface area contributed by atoms with E-state index in [1.54, 1.807) is 30.3 Å². The molecule has 0 unspecified atom stereocenters. The molecule has 0 bridgehead atoms. The molecule has 12 nitrogen and oxygen atoms in total. The van der Waals surface area contributed by atoms with Crippen LogP contribution in [0.2, 0.25) is 0 Å². The Hall–Kier alpha value is -2.45. The molecule has 0 saturated heterocycles. The number of pyridine rings is 6. The minimum Gasteiger partial charge on any atom is -1.00 e. The second-order valence-corrected chi connectivity index (χ2v) is 11.5. The largest absolute Gasteiger partial charge is 1.00 e. The summed E-state index contributed by atoms with van der Waals surface area (Å²) < 4.78 is 66.1. The predicted molar refractivity (Wildman–Crippen MR) is 198 cm³/mol. The number of hydrogen-bond donors (Lipinski definition) is 1. The monoisotopic (exact) mass is 934 g/mol. The number of aromatic nitrogens is 6. The fourth-order valence-corrected chi connectivity index (χ4v) is 3.56. The number of rotatable bonds is 8. The van der Waals surface area contributed by atoms with Gasteiger partial charge < -0.3 is 21.4 Å². The van der Waals surface area contributed by atoms with E-state index in [1.165, 1.54) is 79.6 Å². The van der Waals surface area contributed by atoms with Crippen LogP contribution < -0.4 is 113 Å². The number of carbonyl (C=O) groups excluding carboxylic acids is 2. The first-order valence-electron chi connectivity index (χ1n) is 15.6. The van der Waals surface area contributed by atoms with Gasteiger partial charge in [-0.15, -0.1) is 34.8 Å². The van der Waals surface area contributed by atoms with Gasteiger partial charge in [0, 0.05) is 65.8 Å². The Kier molecular flexibility index (Phi) is 36.0. The number of nitrogens with zero attached hydrogens (tertiary/aromatic N) is 6. The van der Waals surface area contributed by atoms with Gasteiger partial charge in [0.05, 0.1) is 6.61 Å². The van der Waals surface area contributed by atoms with Crippen LogP contribution in [0.5, 0.6) is 5.88 Å². The third-order valence-electron chi connectivity index (χ3n) is 5.90. The van der Waals surface area contributed by atoms with Crippen molar-refractivity contribution in [1.82, 2.24) is 29.9 Å². The van der Waals surface area contributed by atoms with E-state index in [-0.39, 0.29) is 124 Å². The molecule has 0 atom stereocenters. The second kappa shape index (κ2) is 36.2. The molecule has 6 rings (SSSR count). The third-order valence-corrected chi connectivity index (χ3v) is 6.71. The van der Waals surface area contributed by atoms with Gasteiger partial charge in [-0.05, 0) is 66.1 Å². The summed E-state index contributed by atoms with van der Waals surface area (Å²) in [6, 6.07) is 17.4. The summed E-state index contributed by atoms with van der Waals surface area (Å²) in [5.41, 5.74) is 4.26. The fourth-order valence-electron chi connectivity index (χ4n) is 3.15. The van der Waals surface area contributed by atoms with Crippen molar-refractivity contribution in [2.45, 2.75) is 30.9 Å². The molecule has 6 aromatic rings. The molecular formula is C37H32Cl3F5K2N6O6. The first-order valence-corrected chi connectivity index (χ1v) is 17.0. The molecule has 0 radical (unpaired) electrons. The first kappa shape index (κ1) is 58.6. The maximum absolute atomic E-state index is 12.5. The van der Waals surface area contributed by atoms with Crippen LogP contribution in [0.1, 0.15) is 44.4 Å². The molecule has 59 heavy (non-hydrogen) atoms. The van der Waals surface area contributed by atoms with Gasteiger partial charge >= 0.3 is 103 Å². The number of carbonyl (C=O) groups is 2. The minimum absolute atomic E-state index is 0. The van der Waals surface area contributed by atoms with Crippen molar-refractivity contribution in [2.75, 3.05) is 0 Å². The quantitative estimate of drug-likeness (QED) is 0.0444. The Morgan fingerprint density at radius 1 is 0.661 bits per heavy atom. The van der Waals surface area contributed by atoms with Crippen LogP contribution in [0.15, 0.2) is 110 Å². The van der Waals surface area contributed by atoms with E-state index in [2.05, 4.69) is 34.8 Å². The van der Waals surface area contributed by atoms with Crippen LogP contribution in [0.4, 0.5) is 22.0 Å². The van der Waals surface area contributed by atoms with Crippen LogP contribution in [0.25, 0.3) is 0 Å². The van der Waals surface area contributed by atoms with Gasteiger partial charge in [0.2, 0.25) is 35.6 Å². The molecule has 22 heteroatoms. The zero-order valence-corrected chi connectivity index (χ0v) is 40.0. The smallest absolute Gasteiger partial charge is 1.00 e. The number of aryl methyl sites for hydroxylation is 1. The Morgan fingerprint density at radius 3 is 1.44 bits per heavy atom. The standard InChI is InChI=1S/C12H9FN2O2.C6H4Cl2FN.C6H5ClFN.C6H6FNO.C6H6FN.CH2O3.2K.H/c13-11-3-1-10(6-14-11)8-17-12-4-2-9(7-16)5-15-12;7-6(8)4-1-2-5(9)10-3-4;7-3-5-1-2-6(8)9-4-5;7-6-2-1-5(4-9)3-8-6;1-5-2-3-6(7)8-4-5;2-1-4-3;;;/h1-7H,8H2;1-3,6H;1-2,4H,3H2;1-3,9H,4H2;2-4H,1H3;1,3H;;;/q;;;;;;2*+1;-1/p-1. The van der Waals surface area contributed by atoms with Gasteiger partial charge in [0.1, 0.15) is 11.4 Å². The normalized spacial score (nSPS) is 9.15. The average Bonchev–Trinajstić information content (AvgIpc) is 3.23. The molecule has 6 heterocycles. The van der Waals surface area contributed by atoms with Crippen LogP contribution in [0.3, 0.4) is 0 Å². The molecule has 6 aromatic heterocycles. The van der Waals surface area contributed by atoms with E-state index in [0.717, 1.165) is 16.7 Å². The number of aliphatic hydroxyl groups excluding tert-OH is 1. The molecule has 1 N–H and O–H groups in total. The summed E-state index contributed by atoms with van der Waals surface area (Å²) in [5, 5.41) is 16.9. The van der Waals surface area contributed by atoms with E-state index in [1.807, 2.05) is 6.92 Å². The van der Waals surface area contributed by atoms with Gasteiger partial charge in [-0.1, -0.05) is 24.3 Å². The third kappa shape index (κ3) is 29.4. The number of aliphatic hydroxyl groups is 1. The molecule has 0 aliphatic heterocycles. The van der Waals surface area contributed by atoms with Gasteiger partial charge in [-0.3, -0.25) is 9.59 Å². The van der Waals surface area contributed by atoms with Gasteiger partial charge in [-0.25, -0.2) is 29.9 Å². The van der Waals surface area contributed by atoms with Crippen molar-refractivity contribution in [2.24, 2.45) is 0 Å². The molecule has 0 amide bonds. The number of ether oxygens (including phenoxy) is 1. The Bertz CT molecular complexity index is 1910. The van der Waals surface area contributed by atoms with Crippen molar-refractivity contribution in [1.29, 1.82) is 0 Å². The molecule has 0 aliphatic carbocycles. The molecule has 0 fully saturated rings. The van der Waals surface area contributed by atoms with Crippen molar-refractivity contribution in [3.05, 3.63) is 173 Å². The summed E-state index contributed by atoms with van der Waals surface area (Å²) in [4.78, 5) is 42.0. The number of alkyl halides is 3. The summed E-state index contributed by atoms with van der Waals surface area (Å²) in [7, 11) is 0. The zero-order chi connectivity index (χ0) is 42.4. The maximum Gasteiger partial charge on any atom is 1.00 e. The van der Waals surface area contributed by atoms with E-state index in [9.17, 15) is 26.7 Å². The number of aldehydes is 1. The predicted octanol–water partition coefficient (Wildman–Crippen LogP) is 1.46. The first-order chi connectivity index (χ1) is 27.3. The number of hydrogen-bond acceptors (Lipinski definition) is 12. The van der Waals surface area contributed by atoms with E-state index >= 15 is 0 Å². The summed E-state index contributed by atoms with van der Waals surface area (Å²) >= 11 is 16.3. The Balaban J connectivity index is -0.000000672. The number of halogens is 8. The average molecular weight is 936 g/mol. The summed E-state index contributed by atoms with van der Waals surface area (Å²) in [6.45, 7) is 1.85. The molecular weight excluding hydrogens is 904 g/mol. The van der Waals surface area contributed by atoms with Crippen LogP contribution in [-0.4, -0.2) is 47.8 Å². The zero-order valence-electron chi connectivity index (χ0n) is 32.4. The molecule has 0 saturated carbocycles. The van der Waals surface area contributed by atoms with Crippen LogP contribution in [-0.2, 0) is 28.8 Å². The fraction of sp³-hybridized carbons (Fsp3) is 0.135. The van der Waals surface area contributed by atoms with Crippen LogP contribution in [0, 0.1) is 36.7 Å². The SMILES string of the molecule is Cc1ccc(F)nc1.Fc1ccc(C(Cl)Cl)cn1.Fc1ccc(CCl)cn1.O=CO[O-].O=Cc1ccc(OCc2ccc(F)nc2)nc1.OCc1ccc(F)nc1.[H-].[K+].[K+]. The van der Waals surface area contributed by atoms with Crippen molar-refractivity contribution >= 4 is 47.6 Å². The second-order valence-electron chi connectivity index (χ2n) is 10.2. The van der Waals surface area contributed by atoms with Gasteiger partial charge in [-0.2, -0.15) is 22.0 Å². The molecule has 0 aromatic carbocycles. The van der Waals surface area contributed by atoms with Crippen LogP contribution >= 0.6 is 34.8 Å². The molecule has 0 aliphatic rings. The minimum atomic E-state index is -0.631. The topological polar surface area (TPSA) is 173 Å².